The van der Waals surface area contributed by atoms with E-state index in [2.05, 4.69) is 10.4 Å². The third-order valence-corrected chi connectivity index (χ3v) is 7.07. The van der Waals surface area contributed by atoms with E-state index in [1.807, 2.05) is 30.3 Å². The zero-order valence-electron chi connectivity index (χ0n) is 19.8. The fraction of sp³-hybridized carbons (Fsp3) is 0.440. The molecule has 5 rings (SSSR count). The lowest BCUT2D eigenvalue weighted by atomic mass is 9.92. The molecule has 1 aromatic heterocycles. The minimum Gasteiger partial charge on any atom is -0.391 e. The Bertz CT molecular complexity index is 1160. The number of quaternary nitrogens is 1. The minimum absolute atomic E-state index is 0.0155. The Morgan fingerprint density at radius 1 is 1.23 bits per heavy atom. The number of anilines is 1. The number of amides is 3. The van der Waals surface area contributed by atoms with Crippen LogP contribution in [-0.2, 0) is 21.4 Å². The Labute approximate surface area is 203 Å². The summed E-state index contributed by atoms with van der Waals surface area (Å²) in [6, 6.07) is -0.344. The van der Waals surface area contributed by atoms with Crippen molar-refractivity contribution in [1.82, 2.24) is 20.0 Å². The van der Waals surface area contributed by atoms with Crippen molar-refractivity contribution in [2.24, 2.45) is 7.05 Å². The van der Waals surface area contributed by atoms with E-state index in [9.17, 15) is 19.5 Å². The zero-order chi connectivity index (χ0) is 24.5. The number of nitrogens with zero attached hydrogens (tertiary/aromatic N) is 4. The van der Waals surface area contributed by atoms with E-state index in [4.69, 9.17) is 0 Å². The molecule has 0 spiro atoms. The van der Waals surface area contributed by atoms with E-state index in [-0.39, 0.29) is 30.0 Å². The monoisotopic (exact) mass is 479 g/mol. The number of piperazine rings is 1. The molecule has 184 valence electrons. The van der Waals surface area contributed by atoms with Crippen molar-refractivity contribution < 1.29 is 24.4 Å². The highest BCUT2D eigenvalue weighted by molar-refractivity contribution is 6.16. The normalized spacial score (nSPS) is 27.2. The van der Waals surface area contributed by atoms with Gasteiger partial charge in [-0.2, -0.15) is 5.10 Å². The van der Waals surface area contributed by atoms with Gasteiger partial charge in [0.2, 0.25) is 5.91 Å². The topological polar surface area (TPSA) is 112 Å². The molecule has 0 bridgehead atoms. The highest BCUT2D eigenvalue weighted by Gasteiger charge is 2.38. The summed E-state index contributed by atoms with van der Waals surface area (Å²) >= 11 is 0. The maximum absolute atomic E-state index is 13.2. The van der Waals surface area contributed by atoms with E-state index in [0.717, 1.165) is 29.8 Å². The molecular formula is C25H31N6O4+. The van der Waals surface area contributed by atoms with Gasteiger partial charge in [-0.1, -0.05) is 18.9 Å². The number of aliphatic hydroxyl groups excluding tert-OH is 1. The highest BCUT2D eigenvalue weighted by Crippen LogP contribution is 2.21. The first kappa shape index (κ1) is 23.4. The van der Waals surface area contributed by atoms with Crippen LogP contribution in [0.2, 0.25) is 0 Å². The second-order valence-electron chi connectivity index (χ2n) is 9.52. The van der Waals surface area contributed by atoms with Crippen LogP contribution in [0.15, 0.2) is 59.7 Å². The van der Waals surface area contributed by atoms with E-state index in [0.29, 0.717) is 37.4 Å². The third-order valence-electron chi connectivity index (χ3n) is 7.07. The number of hydrogen-bond acceptors (Lipinski definition) is 6. The molecule has 3 aliphatic heterocycles. The fourth-order valence-corrected chi connectivity index (χ4v) is 5.17. The van der Waals surface area contributed by atoms with Gasteiger partial charge in [0, 0.05) is 44.5 Å². The van der Waals surface area contributed by atoms with Gasteiger partial charge in [0.15, 0.2) is 0 Å². The molecule has 10 nitrogen and oxygen atoms in total. The van der Waals surface area contributed by atoms with Gasteiger partial charge in [0.25, 0.3) is 5.91 Å². The van der Waals surface area contributed by atoms with Crippen LogP contribution in [0.3, 0.4) is 0 Å². The summed E-state index contributed by atoms with van der Waals surface area (Å²) in [6.45, 7) is 1.87. The molecule has 3 amide bonds. The van der Waals surface area contributed by atoms with Crippen LogP contribution in [0.4, 0.5) is 5.69 Å². The van der Waals surface area contributed by atoms with E-state index < -0.39 is 12.0 Å². The summed E-state index contributed by atoms with van der Waals surface area (Å²) in [5.41, 5.74) is 2.48. The lowest BCUT2D eigenvalue weighted by Gasteiger charge is -2.34. The molecule has 3 N–H and O–H groups in total. The third kappa shape index (κ3) is 4.77. The molecular weight excluding hydrogens is 448 g/mol. The first-order valence-corrected chi connectivity index (χ1v) is 12.1. The first-order chi connectivity index (χ1) is 16.9. The van der Waals surface area contributed by atoms with Gasteiger partial charge in [-0.15, -0.1) is 0 Å². The zero-order valence-corrected chi connectivity index (χ0v) is 19.8. The van der Waals surface area contributed by atoms with Gasteiger partial charge >= 0.3 is 5.91 Å². The maximum atomic E-state index is 13.2. The van der Waals surface area contributed by atoms with Gasteiger partial charge < -0.3 is 15.3 Å². The van der Waals surface area contributed by atoms with Crippen LogP contribution in [0.25, 0.3) is 0 Å². The lowest BCUT2D eigenvalue weighted by molar-refractivity contribution is -0.715. The number of rotatable bonds is 5. The Morgan fingerprint density at radius 2 is 2.06 bits per heavy atom. The molecule has 1 aromatic rings. The largest absolute Gasteiger partial charge is 0.391 e. The number of aryl methyl sites for hydroxylation is 1. The second-order valence-corrected chi connectivity index (χ2v) is 9.52. The van der Waals surface area contributed by atoms with Gasteiger partial charge in [0.05, 0.1) is 30.6 Å². The SMILES string of the molecule is Cn1cc(N2CCN(CC3=C4C=CC=C[NH+]4C(=O)C(C(=O)N[C@H]4CCCC[C@@H]4O)=C3)CC2=O)cn1. The second kappa shape index (κ2) is 9.73. The summed E-state index contributed by atoms with van der Waals surface area (Å²) in [7, 11) is 1.82. The number of fused-ring (bicyclic) bond motifs is 1. The molecule has 0 radical (unpaired) electrons. The first-order valence-electron chi connectivity index (χ1n) is 12.1. The number of allylic oxidation sites excluding steroid dienone is 3. The molecule has 4 heterocycles. The highest BCUT2D eigenvalue weighted by atomic mass is 16.3. The van der Waals surface area contributed by atoms with Crippen molar-refractivity contribution in [3.8, 4) is 0 Å². The van der Waals surface area contributed by atoms with Crippen LogP contribution < -0.4 is 15.1 Å². The number of carbonyl (C=O) groups is 3. The predicted molar refractivity (Wildman–Crippen MR) is 128 cm³/mol. The number of aromatic nitrogens is 2. The van der Waals surface area contributed by atoms with Gasteiger partial charge in [-0.05, 0) is 25.0 Å². The van der Waals surface area contributed by atoms with Gasteiger partial charge in [0.1, 0.15) is 17.5 Å². The van der Waals surface area contributed by atoms with Crippen LogP contribution in [0, 0.1) is 0 Å². The van der Waals surface area contributed by atoms with E-state index in [1.165, 1.54) is 0 Å². The fourth-order valence-electron chi connectivity index (χ4n) is 5.17. The van der Waals surface area contributed by atoms with Crippen molar-refractivity contribution in [3.63, 3.8) is 0 Å². The molecule has 2 fully saturated rings. The van der Waals surface area contributed by atoms with E-state index >= 15 is 0 Å². The summed E-state index contributed by atoms with van der Waals surface area (Å²) < 4.78 is 1.67. The number of carbonyl (C=O) groups excluding carboxylic acids is 3. The van der Waals surface area contributed by atoms with Crippen molar-refractivity contribution in [2.75, 3.05) is 31.1 Å². The summed E-state index contributed by atoms with van der Waals surface area (Å²) in [4.78, 5) is 43.4. The summed E-state index contributed by atoms with van der Waals surface area (Å²) in [5.74, 6) is -0.784. The van der Waals surface area contributed by atoms with Crippen molar-refractivity contribution in [1.29, 1.82) is 0 Å². The number of hydrogen-bond donors (Lipinski definition) is 3. The molecule has 0 aromatic carbocycles. The molecule has 1 saturated carbocycles. The Balaban J connectivity index is 1.34. The van der Waals surface area contributed by atoms with Crippen LogP contribution in [0.5, 0.6) is 0 Å². The van der Waals surface area contributed by atoms with Crippen molar-refractivity contribution in [2.45, 2.75) is 37.8 Å². The quantitative estimate of drug-likeness (QED) is 0.476. The average Bonchev–Trinajstić information content (AvgIpc) is 3.28. The lowest BCUT2D eigenvalue weighted by Crippen LogP contribution is -3.09. The maximum Gasteiger partial charge on any atom is 0.359 e. The van der Waals surface area contributed by atoms with E-state index in [1.54, 1.807) is 34.1 Å². The summed E-state index contributed by atoms with van der Waals surface area (Å²) in [5, 5.41) is 17.3. The molecule has 35 heavy (non-hydrogen) atoms. The van der Waals surface area contributed by atoms with Gasteiger partial charge in [-0.3, -0.25) is 19.2 Å². The Hall–Kier alpha value is -3.34. The average molecular weight is 480 g/mol. The molecule has 1 saturated heterocycles. The number of aliphatic hydroxyl groups is 1. The molecule has 10 heteroatoms. The molecule has 1 unspecified atom stereocenters. The van der Waals surface area contributed by atoms with Gasteiger partial charge in [-0.25, -0.2) is 9.69 Å². The number of nitrogens with one attached hydrogen (secondary N) is 2. The standard InChI is InChI=1S/C25H30N6O4/c1-28-15-18(13-26-28)30-11-10-29(16-23(30)33)14-17-12-19(25(35)31-9-5-4-7-21(17)31)24(34)27-20-6-2-3-8-22(20)32/h4-5,7,9,12-13,15,20,22,32H,2-3,6,8,10-11,14,16H2,1H3,(H,27,34)/p+1/t20-,22-/m0/s1. The van der Waals surface area contributed by atoms with Crippen molar-refractivity contribution in [3.05, 3.63) is 59.7 Å². The predicted octanol–water partition coefficient (Wildman–Crippen LogP) is -0.822. The summed E-state index contributed by atoms with van der Waals surface area (Å²) in [6.07, 6.45) is 15.1. The van der Waals surface area contributed by atoms with Crippen LogP contribution in [-0.4, -0.2) is 75.8 Å². The minimum atomic E-state index is -0.593. The molecule has 1 aliphatic carbocycles. The molecule has 4 aliphatic rings. The smallest absolute Gasteiger partial charge is 0.359 e. The Morgan fingerprint density at radius 3 is 2.80 bits per heavy atom. The van der Waals surface area contributed by atoms with Crippen LogP contribution >= 0.6 is 0 Å². The Kier molecular flexibility index (Phi) is 6.50. The molecule has 3 atom stereocenters. The van der Waals surface area contributed by atoms with Crippen LogP contribution in [0.1, 0.15) is 25.7 Å². The van der Waals surface area contributed by atoms with Crippen molar-refractivity contribution >= 4 is 23.4 Å².